The van der Waals surface area contributed by atoms with E-state index in [1.165, 1.54) is 18.4 Å². The molecular formula is C10H12N2O2S. The van der Waals surface area contributed by atoms with Crippen molar-refractivity contribution < 1.29 is 9.53 Å². The second-order valence-electron chi connectivity index (χ2n) is 3.41. The first-order valence-corrected chi connectivity index (χ1v) is 5.33. The second kappa shape index (κ2) is 3.58. The molecule has 15 heavy (non-hydrogen) atoms. The Balaban J connectivity index is 2.47. The van der Waals surface area contributed by atoms with Crippen LogP contribution in [0.3, 0.4) is 0 Å². The third-order valence-corrected chi connectivity index (χ3v) is 3.53. The third-order valence-electron chi connectivity index (χ3n) is 2.34. The van der Waals surface area contributed by atoms with Crippen LogP contribution in [0.2, 0.25) is 0 Å². The van der Waals surface area contributed by atoms with Gasteiger partial charge in [0.15, 0.2) is 0 Å². The normalized spacial score (nSPS) is 13.9. The minimum atomic E-state index is -0.358. The molecule has 4 nitrogen and oxygen atoms in total. The third kappa shape index (κ3) is 1.59. The molecule has 0 aromatic carbocycles. The highest BCUT2D eigenvalue weighted by Gasteiger charge is 2.22. The first-order chi connectivity index (χ1) is 7.13. The Hall–Kier alpha value is -1.49. The van der Waals surface area contributed by atoms with Crippen LogP contribution in [0.4, 0.5) is 5.69 Å². The molecule has 0 radical (unpaired) electrons. The number of anilines is 1. The van der Waals surface area contributed by atoms with Crippen molar-refractivity contribution in [1.82, 2.24) is 4.90 Å². The van der Waals surface area contributed by atoms with Crippen molar-refractivity contribution in [1.29, 1.82) is 0 Å². The number of carbonyl (C=O) groups is 1. The van der Waals surface area contributed by atoms with E-state index in [1.807, 2.05) is 24.2 Å². The highest BCUT2D eigenvalue weighted by molar-refractivity contribution is 7.15. The van der Waals surface area contributed by atoms with E-state index in [0.29, 0.717) is 10.6 Å². The molecular weight excluding hydrogens is 212 g/mol. The zero-order valence-corrected chi connectivity index (χ0v) is 9.43. The van der Waals surface area contributed by atoms with Crippen LogP contribution in [-0.2, 0) is 11.3 Å². The number of nitrogen functional groups attached to an aromatic ring is 1. The first kappa shape index (κ1) is 10.0. The molecule has 5 heteroatoms. The van der Waals surface area contributed by atoms with Crippen LogP contribution in [0.25, 0.3) is 6.08 Å². The first-order valence-electron chi connectivity index (χ1n) is 4.51. The fourth-order valence-corrected chi connectivity index (χ4v) is 2.58. The van der Waals surface area contributed by atoms with Crippen molar-refractivity contribution >= 4 is 29.1 Å². The van der Waals surface area contributed by atoms with Crippen LogP contribution in [0.5, 0.6) is 0 Å². The molecule has 0 amide bonds. The molecule has 0 saturated heterocycles. The molecule has 0 fully saturated rings. The van der Waals surface area contributed by atoms with Gasteiger partial charge < -0.3 is 15.4 Å². The van der Waals surface area contributed by atoms with Gasteiger partial charge in [0.25, 0.3) is 0 Å². The van der Waals surface area contributed by atoms with Gasteiger partial charge in [0, 0.05) is 30.2 Å². The summed E-state index contributed by atoms with van der Waals surface area (Å²) in [6.07, 6.45) is 3.94. The summed E-state index contributed by atoms with van der Waals surface area (Å²) in [6, 6.07) is 0. The van der Waals surface area contributed by atoms with Gasteiger partial charge in [-0.25, -0.2) is 4.79 Å². The zero-order valence-electron chi connectivity index (χ0n) is 8.61. The lowest BCUT2D eigenvalue weighted by molar-refractivity contribution is 0.0607. The number of hydrogen-bond donors (Lipinski definition) is 1. The highest BCUT2D eigenvalue weighted by atomic mass is 32.1. The van der Waals surface area contributed by atoms with Crippen molar-refractivity contribution in [2.45, 2.75) is 6.54 Å². The van der Waals surface area contributed by atoms with Crippen LogP contribution in [-0.4, -0.2) is 25.0 Å². The monoisotopic (exact) mass is 224 g/mol. The lowest BCUT2D eigenvalue weighted by Gasteiger charge is -2.18. The molecule has 0 atom stereocenters. The minimum absolute atomic E-state index is 0.358. The van der Waals surface area contributed by atoms with Gasteiger partial charge in [-0.05, 0) is 6.08 Å². The summed E-state index contributed by atoms with van der Waals surface area (Å²) in [5.74, 6) is -0.358. The van der Waals surface area contributed by atoms with E-state index in [2.05, 4.69) is 4.74 Å². The fraction of sp³-hybridized carbons (Fsp3) is 0.300. The number of nitrogens with zero attached hydrogens (tertiary/aromatic N) is 1. The molecule has 1 aliphatic heterocycles. The van der Waals surface area contributed by atoms with Gasteiger partial charge in [-0.1, -0.05) is 0 Å². The topological polar surface area (TPSA) is 55.6 Å². The number of esters is 1. The van der Waals surface area contributed by atoms with Gasteiger partial charge in [0.05, 0.1) is 12.8 Å². The Kier molecular flexibility index (Phi) is 2.40. The summed E-state index contributed by atoms with van der Waals surface area (Å²) < 4.78 is 4.68. The van der Waals surface area contributed by atoms with Gasteiger partial charge in [-0.3, -0.25) is 0 Å². The quantitative estimate of drug-likeness (QED) is 0.735. The molecule has 1 aromatic heterocycles. The van der Waals surface area contributed by atoms with Crippen LogP contribution in [0.1, 0.15) is 20.1 Å². The summed E-state index contributed by atoms with van der Waals surface area (Å²) in [5, 5.41) is 0. The predicted octanol–water partition coefficient (Wildman–Crippen LogP) is 1.53. The maximum absolute atomic E-state index is 11.4. The fourth-order valence-electron chi connectivity index (χ4n) is 1.54. The van der Waals surface area contributed by atoms with E-state index < -0.39 is 0 Å². The van der Waals surface area contributed by atoms with Crippen LogP contribution in [0, 0.1) is 0 Å². The Morgan fingerprint density at radius 2 is 2.40 bits per heavy atom. The zero-order chi connectivity index (χ0) is 11.0. The van der Waals surface area contributed by atoms with Gasteiger partial charge in [-0.15, -0.1) is 11.3 Å². The Morgan fingerprint density at radius 1 is 1.67 bits per heavy atom. The molecule has 0 spiro atoms. The largest absolute Gasteiger partial charge is 0.465 e. The Labute approximate surface area is 91.9 Å². The van der Waals surface area contributed by atoms with Crippen molar-refractivity contribution in [2.24, 2.45) is 0 Å². The van der Waals surface area contributed by atoms with Gasteiger partial charge in [-0.2, -0.15) is 0 Å². The molecule has 1 aromatic rings. The molecule has 2 heterocycles. The van der Waals surface area contributed by atoms with E-state index in [4.69, 9.17) is 5.73 Å². The van der Waals surface area contributed by atoms with Gasteiger partial charge in [0.2, 0.25) is 0 Å². The SMILES string of the molecule is COC(=O)c1sc2c(c1N)CN(C)C=C2. The summed E-state index contributed by atoms with van der Waals surface area (Å²) in [5.41, 5.74) is 7.48. The number of ether oxygens (including phenoxy) is 1. The number of hydrogen-bond acceptors (Lipinski definition) is 5. The van der Waals surface area contributed by atoms with Gasteiger partial charge in [0.1, 0.15) is 4.88 Å². The number of methoxy groups -OCH3 is 1. The average Bonchev–Trinajstić information content (AvgIpc) is 2.55. The predicted molar refractivity (Wildman–Crippen MR) is 60.6 cm³/mol. The number of carbonyl (C=O) groups excluding carboxylic acids is 1. The molecule has 2 rings (SSSR count). The maximum Gasteiger partial charge on any atom is 0.350 e. The van der Waals surface area contributed by atoms with Crippen molar-refractivity contribution in [3.05, 3.63) is 21.5 Å². The van der Waals surface area contributed by atoms with E-state index >= 15 is 0 Å². The second-order valence-corrected chi connectivity index (χ2v) is 4.46. The number of thiophene rings is 1. The summed E-state index contributed by atoms with van der Waals surface area (Å²) in [6.45, 7) is 0.741. The lowest BCUT2D eigenvalue weighted by atomic mass is 10.1. The van der Waals surface area contributed by atoms with E-state index in [9.17, 15) is 4.79 Å². The Bertz CT molecular complexity index is 437. The van der Waals surface area contributed by atoms with Crippen molar-refractivity contribution in [3.63, 3.8) is 0 Å². The minimum Gasteiger partial charge on any atom is -0.465 e. The molecule has 0 aliphatic carbocycles. The molecule has 2 N–H and O–H groups in total. The standard InChI is InChI=1S/C10H12N2O2S/c1-12-4-3-7-6(5-12)8(11)9(15-7)10(13)14-2/h3-4H,5,11H2,1-2H3. The molecule has 80 valence electrons. The molecule has 0 bridgehead atoms. The Morgan fingerprint density at radius 3 is 3.07 bits per heavy atom. The average molecular weight is 224 g/mol. The van der Waals surface area contributed by atoms with Crippen molar-refractivity contribution in [3.8, 4) is 0 Å². The highest BCUT2D eigenvalue weighted by Crippen LogP contribution is 2.35. The maximum atomic E-state index is 11.4. The summed E-state index contributed by atoms with van der Waals surface area (Å²) in [4.78, 5) is 15.0. The van der Waals surface area contributed by atoms with E-state index in [1.54, 1.807) is 0 Å². The smallest absolute Gasteiger partial charge is 0.350 e. The van der Waals surface area contributed by atoms with E-state index in [-0.39, 0.29) is 5.97 Å². The summed E-state index contributed by atoms with van der Waals surface area (Å²) in [7, 11) is 3.33. The van der Waals surface area contributed by atoms with Crippen LogP contribution < -0.4 is 5.73 Å². The molecule has 0 saturated carbocycles. The van der Waals surface area contributed by atoms with Crippen LogP contribution >= 0.6 is 11.3 Å². The number of fused-ring (bicyclic) bond motifs is 1. The van der Waals surface area contributed by atoms with Gasteiger partial charge >= 0.3 is 5.97 Å². The number of rotatable bonds is 1. The van der Waals surface area contributed by atoms with E-state index in [0.717, 1.165) is 17.0 Å². The van der Waals surface area contributed by atoms with Crippen molar-refractivity contribution in [2.75, 3.05) is 19.9 Å². The molecule has 0 unspecified atom stereocenters. The number of nitrogens with two attached hydrogens (primary N) is 1. The molecule has 1 aliphatic rings. The van der Waals surface area contributed by atoms with Crippen LogP contribution in [0.15, 0.2) is 6.20 Å². The lowest BCUT2D eigenvalue weighted by Crippen LogP contribution is -2.14. The summed E-state index contributed by atoms with van der Waals surface area (Å²) >= 11 is 1.38.